The number of rotatable bonds is 15. The van der Waals surface area contributed by atoms with E-state index >= 15 is 0 Å². The number of benzene rings is 2. The molecule has 4 amide bonds. The average Bonchev–Trinajstić information content (AvgIpc) is 3.46. The highest BCUT2D eigenvalue weighted by atomic mass is 16.6. The van der Waals surface area contributed by atoms with Crippen LogP contribution in [0.5, 0.6) is 5.75 Å². The third-order valence-corrected chi connectivity index (χ3v) is 7.78. The van der Waals surface area contributed by atoms with Gasteiger partial charge in [0.25, 0.3) is 0 Å². The summed E-state index contributed by atoms with van der Waals surface area (Å²) in [5.41, 5.74) is 0.785. The van der Waals surface area contributed by atoms with Gasteiger partial charge in [-0.05, 0) is 49.9 Å². The lowest BCUT2D eigenvalue weighted by Gasteiger charge is -2.31. The third-order valence-electron chi connectivity index (χ3n) is 7.78. The molecule has 2 aromatic carbocycles. The minimum absolute atomic E-state index is 0.0311. The Balaban J connectivity index is 1.82. The molecule has 1 saturated heterocycles. The normalized spacial score (nSPS) is 17.8. The Labute approximate surface area is 287 Å². The number of hydrogen-bond acceptors (Lipinski definition) is 9. The third kappa shape index (κ3) is 12.3. The molecular formula is C36H48N4O9. The van der Waals surface area contributed by atoms with Gasteiger partial charge in [-0.25, -0.2) is 0 Å². The molecule has 1 aliphatic heterocycles. The quantitative estimate of drug-likeness (QED) is 0.162. The lowest BCUT2D eigenvalue weighted by Crippen LogP contribution is -2.59. The molecule has 1 heterocycles. The Morgan fingerprint density at radius 3 is 2.18 bits per heavy atom. The summed E-state index contributed by atoms with van der Waals surface area (Å²) in [5, 5.41) is 17.6. The zero-order chi connectivity index (χ0) is 36.3. The molecule has 1 fully saturated rings. The van der Waals surface area contributed by atoms with Gasteiger partial charge in [-0.3, -0.25) is 24.0 Å². The average molecular weight is 681 g/mol. The van der Waals surface area contributed by atoms with Gasteiger partial charge >= 0.3 is 5.97 Å². The molecule has 2 unspecified atom stereocenters. The Hall–Kier alpha value is -4.78. The van der Waals surface area contributed by atoms with Gasteiger partial charge in [-0.15, -0.1) is 0 Å². The Morgan fingerprint density at radius 2 is 1.61 bits per heavy atom. The number of phenolic OH excluding ortho intramolecular Hbond substituents is 1. The summed E-state index contributed by atoms with van der Waals surface area (Å²) < 4.78 is 11.4. The first-order chi connectivity index (χ1) is 23.1. The number of amides is 4. The van der Waals surface area contributed by atoms with Crippen LogP contribution in [0.4, 0.5) is 0 Å². The molecule has 13 nitrogen and oxygen atoms in total. The molecule has 4 N–H and O–H groups in total. The molecular weight excluding hydrogens is 632 g/mol. The van der Waals surface area contributed by atoms with E-state index in [0.717, 1.165) is 5.56 Å². The summed E-state index contributed by atoms with van der Waals surface area (Å²) >= 11 is 0. The number of carbonyl (C=O) groups excluding carboxylic acids is 6. The summed E-state index contributed by atoms with van der Waals surface area (Å²) in [7, 11) is 0. The maximum Gasteiger partial charge on any atom is 0.308 e. The molecule has 3 rings (SSSR count). The Kier molecular flexibility index (Phi) is 13.9. The molecule has 0 aromatic heterocycles. The summed E-state index contributed by atoms with van der Waals surface area (Å²) in [6, 6.07) is 11.2. The fourth-order valence-corrected chi connectivity index (χ4v) is 5.44. The minimum Gasteiger partial charge on any atom is -0.508 e. The number of nitrogens with zero attached hydrogens (tertiary/aromatic N) is 1. The van der Waals surface area contributed by atoms with Crippen LogP contribution in [0.3, 0.4) is 0 Å². The van der Waals surface area contributed by atoms with Crippen molar-refractivity contribution in [1.82, 2.24) is 20.9 Å². The van der Waals surface area contributed by atoms with Crippen molar-refractivity contribution in [2.45, 2.75) is 103 Å². The van der Waals surface area contributed by atoms with E-state index in [1.54, 1.807) is 46.8 Å². The van der Waals surface area contributed by atoms with Crippen molar-refractivity contribution in [2.24, 2.45) is 5.92 Å². The number of hydrogen-bond donors (Lipinski definition) is 4. The number of esters is 1. The smallest absolute Gasteiger partial charge is 0.308 e. The van der Waals surface area contributed by atoms with Crippen LogP contribution in [-0.2, 0) is 51.3 Å². The predicted octanol–water partition coefficient (Wildman–Crippen LogP) is 2.18. The molecule has 13 heteroatoms. The van der Waals surface area contributed by atoms with Crippen molar-refractivity contribution in [3.05, 3.63) is 65.7 Å². The van der Waals surface area contributed by atoms with Gasteiger partial charge in [0.05, 0.1) is 25.2 Å². The number of aromatic hydroxyl groups is 1. The van der Waals surface area contributed by atoms with Gasteiger partial charge in [0.15, 0.2) is 0 Å². The lowest BCUT2D eigenvalue weighted by atomic mass is 10.00. The number of phenols is 1. The summed E-state index contributed by atoms with van der Waals surface area (Å²) in [6.07, 6.45) is -0.293. The fourth-order valence-electron chi connectivity index (χ4n) is 5.44. The largest absolute Gasteiger partial charge is 0.508 e. The number of ether oxygens (including phenoxy) is 2. The number of carbonyl (C=O) groups is 6. The van der Waals surface area contributed by atoms with Crippen molar-refractivity contribution in [3.8, 4) is 5.75 Å². The number of aldehydes is 1. The summed E-state index contributed by atoms with van der Waals surface area (Å²) in [5.74, 6) is -3.30. The van der Waals surface area contributed by atoms with E-state index in [-0.39, 0.29) is 31.7 Å². The molecule has 0 saturated carbocycles. The van der Waals surface area contributed by atoms with Crippen molar-refractivity contribution in [1.29, 1.82) is 0 Å². The van der Waals surface area contributed by atoms with E-state index in [4.69, 9.17) is 9.47 Å². The molecule has 0 aliphatic carbocycles. The van der Waals surface area contributed by atoms with Crippen LogP contribution in [0, 0.1) is 5.92 Å². The highest BCUT2D eigenvalue weighted by molar-refractivity contribution is 5.95. The van der Waals surface area contributed by atoms with Crippen LogP contribution >= 0.6 is 0 Å². The van der Waals surface area contributed by atoms with Crippen molar-refractivity contribution < 1.29 is 43.3 Å². The summed E-state index contributed by atoms with van der Waals surface area (Å²) in [4.78, 5) is 79.1. The van der Waals surface area contributed by atoms with Gasteiger partial charge in [0.1, 0.15) is 35.8 Å². The van der Waals surface area contributed by atoms with E-state index in [0.29, 0.717) is 11.8 Å². The molecule has 49 heavy (non-hydrogen) atoms. The Morgan fingerprint density at radius 1 is 0.959 bits per heavy atom. The van der Waals surface area contributed by atoms with Gasteiger partial charge in [-0.2, -0.15) is 0 Å². The van der Waals surface area contributed by atoms with Crippen LogP contribution < -0.4 is 16.0 Å². The number of likely N-dealkylation sites (tertiary alicyclic amines) is 1. The Bertz CT molecular complexity index is 1460. The van der Waals surface area contributed by atoms with Crippen LogP contribution in [0.1, 0.15) is 65.5 Å². The van der Waals surface area contributed by atoms with E-state index in [9.17, 15) is 33.9 Å². The topological polar surface area (TPSA) is 180 Å². The standard InChI is InChI=1S/C36H48N4O9/c1-22(2)32(39-33(45)29(37-23(3)42)16-24-12-14-27(43)15-13-24)35(47)40-19-28(48-21-25-10-8-7-9-11-25)18-30(40)34(46)38-26(20-41)17-31(44)49-36(4,5)6/h7-15,20,22,26,28-30,32,43H,16-19,21H2,1-6H3,(H,37,42)(H,38,46)(H,39,45)/t26?,28?,29-,30-,32-/m0/s1. The second-order valence-electron chi connectivity index (χ2n) is 13.6. The van der Waals surface area contributed by atoms with Crippen LogP contribution in [0.2, 0.25) is 0 Å². The molecule has 2 aromatic rings. The fraction of sp³-hybridized carbons (Fsp3) is 0.500. The predicted molar refractivity (Wildman–Crippen MR) is 180 cm³/mol. The second kappa shape index (κ2) is 17.6. The molecule has 0 spiro atoms. The number of nitrogens with one attached hydrogen (secondary N) is 3. The molecule has 1 aliphatic rings. The van der Waals surface area contributed by atoms with Crippen molar-refractivity contribution in [2.75, 3.05) is 6.54 Å². The van der Waals surface area contributed by atoms with E-state index in [1.165, 1.54) is 24.0 Å². The van der Waals surface area contributed by atoms with E-state index in [2.05, 4.69) is 16.0 Å². The zero-order valence-corrected chi connectivity index (χ0v) is 28.9. The van der Waals surface area contributed by atoms with Gasteiger partial charge in [-0.1, -0.05) is 56.3 Å². The lowest BCUT2D eigenvalue weighted by molar-refractivity contribution is -0.156. The maximum absolute atomic E-state index is 14.2. The van der Waals surface area contributed by atoms with Gasteiger partial charge in [0.2, 0.25) is 23.6 Å². The zero-order valence-electron chi connectivity index (χ0n) is 28.9. The maximum atomic E-state index is 14.2. The van der Waals surface area contributed by atoms with Gasteiger partial charge in [0, 0.05) is 26.3 Å². The first-order valence-electron chi connectivity index (χ1n) is 16.3. The van der Waals surface area contributed by atoms with Crippen LogP contribution in [0.25, 0.3) is 0 Å². The minimum atomic E-state index is -1.19. The molecule has 0 bridgehead atoms. The van der Waals surface area contributed by atoms with Gasteiger partial charge < -0.3 is 40.2 Å². The summed E-state index contributed by atoms with van der Waals surface area (Å²) in [6.45, 7) is 10.1. The van der Waals surface area contributed by atoms with Crippen LogP contribution in [0.15, 0.2) is 54.6 Å². The second-order valence-corrected chi connectivity index (χ2v) is 13.6. The van der Waals surface area contributed by atoms with Crippen molar-refractivity contribution >= 4 is 35.9 Å². The van der Waals surface area contributed by atoms with Crippen molar-refractivity contribution in [3.63, 3.8) is 0 Å². The molecule has 266 valence electrons. The highest BCUT2D eigenvalue weighted by Gasteiger charge is 2.44. The first kappa shape index (κ1) is 38.7. The van der Waals surface area contributed by atoms with Crippen LogP contribution in [-0.4, -0.2) is 88.3 Å². The van der Waals surface area contributed by atoms with E-state index < -0.39 is 77.8 Å². The monoisotopic (exact) mass is 680 g/mol. The molecule has 5 atom stereocenters. The molecule has 0 radical (unpaired) electrons. The SMILES string of the molecule is CC(=O)N[C@@H](Cc1ccc(O)cc1)C(=O)N[C@H](C(=O)N1CC(OCc2ccccc2)C[C@H]1C(=O)NC(C=O)CC(=O)OC(C)(C)C)C(C)C. The first-order valence-corrected chi connectivity index (χ1v) is 16.3. The van der Waals surface area contributed by atoms with E-state index in [1.807, 2.05) is 30.3 Å². The highest BCUT2D eigenvalue weighted by Crippen LogP contribution is 2.25.